The highest BCUT2D eigenvalue weighted by atomic mass is 35.5. The second-order valence-corrected chi connectivity index (χ2v) is 7.39. The number of benzene rings is 2. The number of amides is 4. The van der Waals surface area contributed by atoms with E-state index in [4.69, 9.17) is 23.2 Å². The van der Waals surface area contributed by atoms with E-state index in [1.165, 1.54) is 25.1 Å². The van der Waals surface area contributed by atoms with E-state index < -0.39 is 46.4 Å². The van der Waals surface area contributed by atoms with Crippen LogP contribution in [0.3, 0.4) is 0 Å². The minimum atomic E-state index is -1.52. The second kappa shape index (κ2) is 7.88. The number of hydrogen-bond acceptors (Lipinski definition) is 5. The van der Waals surface area contributed by atoms with Gasteiger partial charge in [0.15, 0.2) is 0 Å². The molecule has 2 N–H and O–H groups in total. The van der Waals surface area contributed by atoms with Crippen LogP contribution in [0, 0.1) is 15.9 Å². The third-order valence-corrected chi connectivity index (χ3v) is 5.02. The molecule has 1 aliphatic rings. The second-order valence-electron chi connectivity index (χ2n) is 6.54. The monoisotopic (exact) mass is 454 g/mol. The minimum absolute atomic E-state index is 0.0661. The highest BCUT2D eigenvalue weighted by Gasteiger charge is 2.50. The van der Waals surface area contributed by atoms with Crippen molar-refractivity contribution in [3.63, 3.8) is 0 Å². The molecule has 30 heavy (non-hydrogen) atoms. The molecule has 2 aromatic rings. The number of carbonyl (C=O) groups is 3. The smallest absolute Gasteiger partial charge is 0.324 e. The summed E-state index contributed by atoms with van der Waals surface area (Å²) in [4.78, 5) is 48.1. The first-order valence-electron chi connectivity index (χ1n) is 8.36. The van der Waals surface area contributed by atoms with E-state index in [2.05, 4.69) is 10.6 Å². The standard InChI is InChI=1S/C18H13Cl2FN4O5/c1-18(11-4-2-9(19)6-12(11)20)16(27)24(17(28)23-18)8-15(26)22-10-3-5-13(21)14(7-10)25(29)30/h2-7H,8H2,1H3,(H,22,26)(H,23,28)/t18-/m0/s1. The van der Waals surface area contributed by atoms with Gasteiger partial charge < -0.3 is 10.6 Å². The van der Waals surface area contributed by atoms with Crippen LogP contribution in [-0.4, -0.2) is 34.2 Å². The van der Waals surface area contributed by atoms with Crippen molar-refractivity contribution in [2.45, 2.75) is 12.5 Å². The van der Waals surface area contributed by atoms with Gasteiger partial charge in [0.25, 0.3) is 5.91 Å². The number of halogens is 3. The molecule has 0 saturated carbocycles. The summed E-state index contributed by atoms with van der Waals surface area (Å²) in [5, 5.41) is 16.1. The minimum Gasteiger partial charge on any atom is -0.324 e. The van der Waals surface area contributed by atoms with Gasteiger partial charge in [0.1, 0.15) is 12.1 Å². The Morgan fingerprint density at radius 3 is 2.60 bits per heavy atom. The van der Waals surface area contributed by atoms with Gasteiger partial charge in [-0.2, -0.15) is 4.39 Å². The fraction of sp³-hybridized carbons (Fsp3) is 0.167. The highest BCUT2D eigenvalue weighted by Crippen LogP contribution is 2.35. The quantitative estimate of drug-likeness (QED) is 0.407. The van der Waals surface area contributed by atoms with Gasteiger partial charge in [-0.25, -0.2) is 4.79 Å². The van der Waals surface area contributed by atoms with Crippen LogP contribution >= 0.6 is 23.2 Å². The van der Waals surface area contributed by atoms with Crippen molar-refractivity contribution >= 4 is 52.4 Å². The molecule has 0 spiro atoms. The lowest BCUT2D eigenvalue weighted by atomic mass is 9.92. The zero-order valence-corrected chi connectivity index (χ0v) is 16.8. The maximum Gasteiger partial charge on any atom is 0.325 e. The van der Waals surface area contributed by atoms with Crippen molar-refractivity contribution < 1.29 is 23.7 Å². The fourth-order valence-corrected chi connectivity index (χ4v) is 3.59. The Labute approximate surface area is 178 Å². The van der Waals surface area contributed by atoms with E-state index in [9.17, 15) is 28.9 Å². The first kappa shape index (κ1) is 21.5. The lowest BCUT2D eigenvalue weighted by Gasteiger charge is -2.23. The zero-order valence-electron chi connectivity index (χ0n) is 15.2. The van der Waals surface area contributed by atoms with Gasteiger partial charge >= 0.3 is 11.7 Å². The summed E-state index contributed by atoms with van der Waals surface area (Å²) < 4.78 is 13.4. The number of nitro groups is 1. The van der Waals surface area contributed by atoms with E-state index in [1.54, 1.807) is 0 Å². The van der Waals surface area contributed by atoms with E-state index in [0.717, 1.165) is 18.2 Å². The van der Waals surface area contributed by atoms with Crippen LogP contribution in [0.5, 0.6) is 0 Å². The molecule has 2 aromatic carbocycles. The SMILES string of the molecule is C[C@@]1(c2ccc(Cl)cc2Cl)NC(=O)N(CC(=O)Nc2ccc(F)c([N+](=O)[O-])c2)C1=O. The topological polar surface area (TPSA) is 122 Å². The van der Waals surface area contributed by atoms with Gasteiger partial charge in [0.05, 0.1) is 4.92 Å². The number of nitrogens with zero attached hydrogens (tertiary/aromatic N) is 2. The van der Waals surface area contributed by atoms with Crippen LogP contribution in [0.25, 0.3) is 0 Å². The number of anilines is 1. The van der Waals surface area contributed by atoms with Gasteiger partial charge in [-0.15, -0.1) is 0 Å². The summed E-state index contributed by atoms with van der Waals surface area (Å²) in [5.41, 5.74) is -2.12. The van der Waals surface area contributed by atoms with E-state index >= 15 is 0 Å². The maximum absolute atomic E-state index is 13.4. The summed E-state index contributed by atoms with van der Waals surface area (Å²) in [7, 11) is 0. The van der Waals surface area contributed by atoms with Crippen molar-refractivity contribution in [2.24, 2.45) is 0 Å². The van der Waals surface area contributed by atoms with Gasteiger partial charge in [-0.05, 0) is 31.2 Å². The number of urea groups is 1. The average Bonchev–Trinajstić information content (AvgIpc) is 2.86. The molecule has 9 nitrogen and oxygen atoms in total. The van der Waals surface area contributed by atoms with Gasteiger partial charge in [-0.3, -0.25) is 24.6 Å². The van der Waals surface area contributed by atoms with Crippen LogP contribution in [0.4, 0.5) is 20.6 Å². The Bertz CT molecular complexity index is 1100. The number of nitro benzene ring substituents is 1. The molecular formula is C18H13Cl2FN4O5. The number of imide groups is 1. The summed E-state index contributed by atoms with van der Waals surface area (Å²) >= 11 is 12.0. The molecular weight excluding hydrogens is 442 g/mol. The van der Waals surface area contributed by atoms with Crippen LogP contribution in [0.2, 0.25) is 10.0 Å². The molecule has 0 bridgehead atoms. The molecule has 0 unspecified atom stereocenters. The molecule has 12 heteroatoms. The molecule has 0 aromatic heterocycles. The molecule has 1 fully saturated rings. The van der Waals surface area contributed by atoms with Crippen molar-refractivity contribution in [1.29, 1.82) is 0 Å². The van der Waals surface area contributed by atoms with Gasteiger partial charge in [0, 0.05) is 27.4 Å². The average molecular weight is 455 g/mol. The van der Waals surface area contributed by atoms with Crippen LogP contribution in [-0.2, 0) is 15.1 Å². The van der Waals surface area contributed by atoms with Crippen molar-refractivity contribution in [1.82, 2.24) is 10.2 Å². The number of hydrogen-bond donors (Lipinski definition) is 2. The Kier molecular flexibility index (Phi) is 5.64. The molecule has 0 aliphatic carbocycles. The lowest BCUT2D eigenvalue weighted by Crippen LogP contribution is -2.42. The highest BCUT2D eigenvalue weighted by molar-refractivity contribution is 6.35. The molecule has 1 aliphatic heterocycles. The molecule has 0 radical (unpaired) electrons. The van der Waals surface area contributed by atoms with Crippen molar-refractivity contribution in [3.8, 4) is 0 Å². The first-order valence-corrected chi connectivity index (χ1v) is 9.12. The Balaban J connectivity index is 1.78. The molecule has 1 saturated heterocycles. The van der Waals surface area contributed by atoms with E-state index in [-0.39, 0.29) is 10.7 Å². The first-order chi connectivity index (χ1) is 14.0. The third kappa shape index (κ3) is 3.91. The Hall–Kier alpha value is -3.24. The van der Waals surface area contributed by atoms with Crippen molar-refractivity contribution in [3.05, 3.63) is 67.9 Å². The molecule has 156 valence electrons. The predicted octanol–water partition coefficient (Wildman–Crippen LogP) is 3.45. The van der Waals surface area contributed by atoms with Crippen molar-refractivity contribution in [2.75, 3.05) is 11.9 Å². The van der Waals surface area contributed by atoms with E-state index in [0.29, 0.717) is 15.5 Å². The number of rotatable bonds is 5. The lowest BCUT2D eigenvalue weighted by molar-refractivity contribution is -0.387. The third-order valence-electron chi connectivity index (χ3n) is 4.47. The molecule has 4 amide bonds. The van der Waals surface area contributed by atoms with Crippen LogP contribution in [0.1, 0.15) is 12.5 Å². The zero-order chi connectivity index (χ0) is 22.2. The maximum atomic E-state index is 13.4. The van der Waals surface area contributed by atoms with Crippen LogP contribution in [0.15, 0.2) is 36.4 Å². The summed E-state index contributed by atoms with van der Waals surface area (Å²) in [6.45, 7) is 0.764. The van der Waals surface area contributed by atoms with Gasteiger partial charge in [0.2, 0.25) is 11.7 Å². The molecule has 1 heterocycles. The summed E-state index contributed by atoms with van der Waals surface area (Å²) in [5.74, 6) is -2.61. The normalized spacial score (nSPS) is 18.3. The Morgan fingerprint density at radius 1 is 1.27 bits per heavy atom. The Morgan fingerprint density at radius 2 is 1.97 bits per heavy atom. The summed E-state index contributed by atoms with van der Waals surface area (Å²) in [6, 6.07) is 6.35. The number of carbonyl (C=O) groups excluding carboxylic acids is 3. The largest absolute Gasteiger partial charge is 0.325 e. The fourth-order valence-electron chi connectivity index (χ4n) is 2.99. The number of nitrogens with one attached hydrogen (secondary N) is 2. The van der Waals surface area contributed by atoms with E-state index in [1.807, 2.05) is 0 Å². The molecule has 3 rings (SSSR count). The predicted molar refractivity (Wildman–Crippen MR) is 106 cm³/mol. The molecule has 1 atom stereocenters. The summed E-state index contributed by atoms with van der Waals surface area (Å²) in [6.07, 6.45) is 0. The van der Waals surface area contributed by atoms with Crippen LogP contribution < -0.4 is 10.6 Å². The van der Waals surface area contributed by atoms with Gasteiger partial charge in [-0.1, -0.05) is 29.3 Å².